The normalized spacial score (nSPS) is 11.1. The smallest absolute Gasteiger partial charge is 0.270 e. The van der Waals surface area contributed by atoms with E-state index in [1.54, 1.807) is 11.3 Å². The highest BCUT2D eigenvalue weighted by Crippen LogP contribution is 2.33. The van der Waals surface area contributed by atoms with E-state index in [9.17, 15) is 4.79 Å². The third-order valence-electron chi connectivity index (χ3n) is 4.61. The van der Waals surface area contributed by atoms with Crippen molar-refractivity contribution in [2.24, 2.45) is 0 Å². The van der Waals surface area contributed by atoms with Gasteiger partial charge in [-0.2, -0.15) is 0 Å². The van der Waals surface area contributed by atoms with Gasteiger partial charge in [0.05, 0.1) is 18.9 Å². The monoisotopic (exact) mass is 501 g/mol. The minimum Gasteiger partial charge on any atom is -0.302 e. The van der Waals surface area contributed by atoms with Gasteiger partial charge < -0.3 is 4.90 Å². The average Bonchev–Trinajstić information content (AvgIpc) is 3.25. The number of aromatic nitrogens is 1. The van der Waals surface area contributed by atoms with Crippen molar-refractivity contribution < 1.29 is 4.79 Å². The summed E-state index contributed by atoms with van der Waals surface area (Å²) in [5.41, 5.74) is 3.37. The maximum absolute atomic E-state index is 13.2. The Kier molecular flexibility index (Phi) is 8.45. The Bertz CT molecular complexity index is 952. The highest BCUT2D eigenvalue weighted by molar-refractivity contribution is 9.11. The van der Waals surface area contributed by atoms with E-state index >= 15 is 0 Å². The summed E-state index contributed by atoms with van der Waals surface area (Å²) >= 11 is 6.53. The number of likely N-dealkylation sites (N-methyl/N-ethyl adjacent to an activating group) is 1. The van der Waals surface area contributed by atoms with Crippen molar-refractivity contribution in [1.29, 1.82) is 0 Å². The fourth-order valence-electron chi connectivity index (χ4n) is 3.10. The largest absolute Gasteiger partial charge is 0.302 e. The summed E-state index contributed by atoms with van der Waals surface area (Å²) < 4.78 is 2.10. The van der Waals surface area contributed by atoms with Crippen LogP contribution in [-0.4, -0.2) is 42.0 Å². The van der Waals surface area contributed by atoms with Gasteiger partial charge in [0, 0.05) is 13.1 Å². The number of anilines is 1. The lowest BCUT2D eigenvalue weighted by Crippen LogP contribution is -2.38. The summed E-state index contributed by atoms with van der Waals surface area (Å²) in [4.78, 5) is 23.0. The van der Waals surface area contributed by atoms with Crippen molar-refractivity contribution in [2.45, 2.75) is 27.7 Å². The Morgan fingerprint density at radius 3 is 2.43 bits per heavy atom. The first-order valence-corrected chi connectivity index (χ1v) is 11.5. The third kappa shape index (κ3) is 5.13. The molecular formula is C20H25BrClN3OS2. The molecule has 2 heterocycles. The summed E-state index contributed by atoms with van der Waals surface area (Å²) in [5.74, 6) is 0.0197. The number of amides is 1. The number of halogens is 2. The van der Waals surface area contributed by atoms with E-state index < -0.39 is 0 Å². The van der Waals surface area contributed by atoms with Crippen LogP contribution in [0, 0.1) is 13.8 Å². The molecule has 0 N–H and O–H groups in total. The summed E-state index contributed by atoms with van der Waals surface area (Å²) in [6.45, 7) is 11.9. The van der Waals surface area contributed by atoms with E-state index in [2.05, 4.69) is 60.7 Å². The summed E-state index contributed by atoms with van der Waals surface area (Å²) in [7, 11) is 0. The molecule has 0 aliphatic rings. The van der Waals surface area contributed by atoms with Crippen LogP contribution in [-0.2, 0) is 0 Å². The number of hydrogen-bond donors (Lipinski definition) is 0. The van der Waals surface area contributed by atoms with Crippen LogP contribution in [0.4, 0.5) is 5.13 Å². The second-order valence-electron chi connectivity index (χ2n) is 6.51. The molecule has 152 valence electrons. The van der Waals surface area contributed by atoms with Crippen molar-refractivity contribution in [3.05, 3.63) is 44.1 Å². The molecule has 0 atom stereocenters. The van der Waals surface area contributed by atoms with Crippen LogP contribution >= 0.6 is 51.0 Å². The predicted octanol–water partition coefficient (Wildman–Crippen LogP) is 6.15. The Morgan fingerprint density at radius 2 is 1.82 bits per heavy atom. The molecule has 0 aliphatic heterocycles. The fourth-order valence-corrected chi connectivity index (χ4v) is 5.60. The van der Waals surface area contributed by atoms with Crippen molar-refractivity contribution in [3.8, 4) is 0 Å². The fraction of sp³-hybridized carbons (Fsp3) is 0.400. The average molecular weight is 503 g/mol. The van der Waals surface area contributed by atoms with E-state index in [1.165, 1.54) is 16.9 Å². The number of benzene rings is 1. The number of carbonyl (C=O) groups is 1. The number of aryl methyl sites for hydroxylation is 2. The van der Waals surface area contributed by atoms with E-state index in [0.29, 0.717) is 6.54 Å². The van der Waals surface area contributed by atoms with Crippen LogP contribution in [0.2, 0.25) is 0 Å². The highest BCUT2D eigenvalue weighted by Gasteiger charge is 2.23. The first-order valence-electron chi connectivity index (χ1n) is 9.10. The molecule has 0 saturated carbocycles. The molecule has 0 fully saturated rings. The maximum atomic E-state index is 13.2. The van der Waals surface area contributed by atoms with Gasteiger partial charge in [-0.1, -0.05) is 31.3 Å². The first kappa shape index (κ1) is 23.3. The van der Waals surface area contributed by atoms with Crippen LogP contribution in [0.25, 0.3) is 10.2 Å². The number of hydrogen-bond acceptors (Lipinski definition) is 5. The van der Waals surface area contributed by atoms with Gasteiger partial charge in [0.15, 0.2) is 5.13 Å². The van der Waals surface area contributed by atoms with Gasteiger partial charge in [-0.05, 0) is 72.2 Å². The number of thiophene rings is 1. The van der Waals surface area contributed by atoms with Gasteiger partial charge in [-0.15, -0.1) is 23.7 Å². The van der Waals surface area contributed by atoms with Gasteiger partial charge in [0.25, 0.3) is 5.91 Å². The van der Waals surface area contributed by atoms with Crippen molar-refractivity contribution in [3.63, 3.8) is 0 Å². The van der Waals surface area contributed by atoms with Gasteiger partial charge in [-0.3, -0.25) is 9.69 Å². The molecule has 0 radical (unpaired) electrons. The SMILES string of the molecule is CCN(CC)CCN(C(=O)c1ccc(Br)s1)c1nc2c(C)cc(C)cc2s1.Cl. The van der Waals surface area contributed by atoms with E-state index in [0.717, 1.165) is 49.2 Å². The van der Waals surface area contributed by atoms with Crippen LogP contribution in [0.15, 0.2) is 28.1 Å². The minimum absolute atomic E-state index is 0. The number of rotatable bonds is 7. The van der Waals surface area contributed by atoms with Crippen molar-refractivity contribution in [1.82, 2.24) is 9.88 Å². The van der Waals surface area contributed by atoms with E-state index in [4.69, 9.17) is 4.98 Å². The molecule has 3 rings (SSSR count). The molecule has 0 bridgehead atoms. The Balaban J connectivity index is 0.00000280. The van der Waals surface area contributed by atoms with Crippen molar-refractivity contribution >= 4 is 72.3 Å². The second kappa shape index (κ2) is 10.2. The Hall–Kier alpha value is -0.990. The molecular weight excluding hydrogens is 478 g/mol. The van der Waals surface area contributed by atoms with Gasteiger partial charge in [0.1, 0.15) is 0 Å². The Morgan fingerprint density at radius 1 is 1.11 bits per heavy atom. The Labute approximate surface area is 189 Å². The zero-order valence-corrected chi connectivity index (χ0v) is 20.5. The van der Waals surface area contributed by atoms with Crippen LogP contribution < -0.4 is 4.90 Å². The molecule has 0 aliphatic carbocycles. The van der Waals surface area contributed by atoms with Crippen LogP contribution in [0.3, 0.4) is 0 Å². The summed E-state index contributed by atoms with van der Waals surface area (Å²) in [5, 5.41) is 0.778. The zero-order chi connectivity index (χ0) is 19.6. The quantitative estimate of drug-likeness (QED) is 0.389. The van der Waals surface area contributed by atoms with Gasteiger partial charge in [0.2, 0.25) is 0 Å². The molecule has 28 heavy (non-hydrogen) atoms. The lowest BCUT2D eigenvalue weighted by Gasteiger charge is -2.24. The lowest BCUT2D eigenvalue weighted by molar-refractivity contribution is 0.0987. The molecule has 0 spiro atoms. The molecule has 0 saturated heterocycles. The minimum atomic E-state index is 0. The van der Waals surface area contributed by atoms with Gasteiger partial charge in [-0.25, -0.2) is 4.98 Å². The lowest BCUT2D eigenvalue weighted by atomic mass is 10.1. The third-order valence-corrected chi connectivity index (χ3v) is 7.25. The van der Waals surface area contributed by atoms with E-state index in [-0.39, 0.29) is 18.3 Å². The molecule has 2 aromatic heterocycles. The highest BCUT2D eigenvalue weighted by atomic mass is 79.9. The van der Waals surface area contributed by atoms with Crippen molar-refractivity contribution in [2.75, 3.05) is 31.1 Å². The number of thiazole rings is 1. The topological polar surface area (TPSA) is 36.4 Å². The number of fused-ring (bicyclic) bond motifs is 1. The standard InChI is InChI=1S/C20H24BrN3OS2.ClH/c1-5-23(6-2)9-10-24(19(25)15-7-8-17(21)26-15)20-22-18-14(4)11-13(3)12-16(18)27-20;/h7-8,11-12H,5-6,9-10H2,1-4H3;1H. The molecule has 0 unspecified atom stereocenters. The van der Waals surface area contributed by atoms with Crippen LogP contribution in [0.5, 0.6) is 0 Å². The summed E-state index contributed by atoms with van der Waals surface area (Å²) in [6, 6.07) is 8.10. The number of nitrogens with zero attached hydrogens (tertiary/aromatic N) is 3. The molecule has 8 heteroatoms. The second-order valence-corrected chi connectivity index (χ2v) is 9.98. The molecule has 4 nitrogen and oxygen atoms in total. The first-order chi connectivity index (χ1) is 12.9. The molecule has 3 aromatic rings. The molecule has 1 amide bonds. The van der Waals surface area contributed by atoms with E-state index in [1.807, 2.05) is 17.0 Å². The zero-order valence-electron chi connectivity index (χ0n) is 16.5. The number of carbonyl (C=O) groups excluding carboxylic acids is 1. The molecule has 1 aromatic carbocycles. The summed E-state index contributed by atoms with van der Waals surface area (Å²) in [6.07, 6.45) is 0. The maximum Gasteiger partial charge on any atom is 0.270 e. The van der Waals surface area contributed by atoms with Crippen LogP contribution in [0.1, 0.15) is 34.6 Å². The van der Waals surface area contributed by atoms with Gasteiger partial charge >= 0.3 is 0 Å². The predicted molar refractivity (Wildman–Crippen MR) is 128 cm³/mol.